The maximum absolute atomic E-state index is 12.8. The number of anilines is 1. The fraction of sp³-hybridized carbons (Fsp3) is 0.318. The third-order valence-electron chi connectivity index (χ3n) is 5.70. The zero-order valence-corrected chi connectivity index (χ0v) is 18.1. The van der Waals surface area contributed by atoms with Crippen LogP contribution in [0.15, 0.2) is 59.8 Å². The maximum Gasteiger partial charge on any atom is 0.240 e. The van der Waals surface area contributed by atoms with Crippen LogP contribution in [0.1, 0.15) is 23.2 Å². The van der Waals surface area contributed by atoms with Gasteiger partial charge in [0.2, 0.25) is 16.0 Å². The molecule has 9 nitrogen and oxygen atoms in total. The molecule has 32 heavy (non-hydrogen) atoms. The Labute approximate surface area is 185 Å². The molecule has 0 bridgehead atoms. The second kappa shape index (κ2) is 8.91. The van der Waals surface area contributed by atoms with E-state index in [2.05, 4.69) is 14.7 Å². The first kappa shape index (κ1) is 22.3. The summed E-state index contributed by atoms with van der Waals surface area (Å²) in [4.78, 5) is 21.8. The van der Waals surface area contributed by atoms with Gasteiger partial charge in [0.15, 0.2) is 5.78 Å². The highest BCUT2D eigenvalue weighted by Gasteiger charge is 2.34. The number of nitrogens with zero attached hydrogens (tertiary/aromatic N) is 3. The first-order valence-electron chi connectivity index (χ1n) is 10.2. The molecule has 3 N–H and O–H groups in total. The van der Waals surface area contributed by atoms with Gasteiger partial charge in [-0.1, -0.05) is 30.3 Å². The van der Waals surface area contributed by atoms with E-state index in [0.29, 0.717) is 31.9 Å². The van der Waals surface area contributed by atoms with Gasteiger partial charge in [0, 0.05) is 32.0 Å². The van der Waals surface area contributed by atoms with Gasteiger partial charge in [0.25, 0.3) is 0 Å². The smallest absolute Gasteiger partial charge is 0.240 e. The van der Waals surface area contributed by atoms with Gasteiger partial charge in [-0.05, 0) is 35.7 Å². The van der Waals surface area contributed by atoms with Crippen molar-refractivity contribution in [1.29, 1.82) is 0 Å². The van der Waals surface area contributed by atoms with Crippen molar-refractivity contribution < 1.29 is 23.4 Å². The van der Waals surface area contributed by atoms with Crippen molar-refractivity contribution >= 4 is 32.5 Å². The number of rotatable bonds is 7. The van der Waals surface area contributed by atoms with E-state index in [0.717, 1.165) is 10.8 Å². The zero-order chi connectivity index (χ0) is 22.8. The molecule has 0 spiro atoms. The van der Waals surface area contributed by atoms with E-state index in [9.17, 15) is 18.3 Å². The molecule has 0 amide bonds. The van der Waals surface area contributed by atoms with Crippen LogP contribution in [0.3, 0.4) is 0 Å². The molecule has 1 aromatic heterocycles. The van der Waals surface area contributed by atoms with Crippen molar-refractivity contribution in [2.24, 2.45) is 0 Å². The van der Waals surface area contributed by atoms with E-state index >= 15 is 0 Å². The summed E-state index contributed by atoms with van der Waals surface area (Å²) in [5, 5.41) is 21.6. The van der Waals surface area contributed by atoms with Gasteiger partial charge >= 0.3 is 0 Å². The summed E-state index contributed by atoms with van der Waals surface area (Å²) in [5.41, 5.74) is -0.958. The molecule has 168 valence electrons. The summed E-state index contributed by atoms with van der Waals surface area (Å²) >= 11 is 0. The second-order valence-corrected chi connectivity index (χ2v) is 9.66. The van der Waals surface area contributed by atoms with E-state index < -0.39 is 28.0 Å². The maximum atomic E-state index is 12.8. The first-order chi connectivity index (χ1) is 15.3. The second-order valence-electron chi connectivity index (χ2n) is 7.90. The molecule has 2 heterocycles. The lowest BCUT2D eigenvalue weighted by molar-refractivity contribution is 0.0213. The summed E-state index contributed by atoms with van der Waals surface area (Å²) in [6.07, 6.45) is 3.38. The minimum Gasteiger partial charge on any atom is -0.388 e. The SMILES string of the molecule is O=C(CO)c1cnc(N2CCC(O)(CNS(=O)(=O)c3ccc4ccccc4c3)CC2)nc1. The number of carbonyl (C=O) groups excluding carboxylic acids is 1. The van der Waals surface area contributed by atoms with Gasteiger partial charge in [-0.25, -0.2) is 23.1 Å². The number of ketones is 1. The van der Waals surface area contributed by atoms with Crippen molar-refractivity contribution in [3.05, 3.63) is 60.4 Å². The molecule has 2 aromatic carbocycles. The summed E-state index contributed by atoms with van der Waals surface area (Å²) in [7, 11) is -3.77. The zero-order valence-electron chi connectivity index (χ0n) is 17.3. The Bertz CT molecular complexity index is 1220. The number of piperidine rings is 1. The van der Waals surface area contributed by atoms with Gasteiger partial charge in [0.05, 0.1) is 16.1 Å². The normalized spacial score (nSPS) is 16.2. The third kappa shape index (κ3) is 4.78. The lowest BCUT2D eigenvalue weighted by Gasteiger charge is -2.38. The first-order valence-corrected chi connectivity index (χ1v) is 11.7. The van der Waals surface area contributed by atoms with Crippen molar-refractivity contribution in [1.82, 2.24) is 14.7 Å². The fourth-order valence-electron chi connectivity index (χ4n) is 3.67. The van der Waals surface area contributed by atoms with Gasteiger partial charge < -0.3 is 15.1 Å². The van der Waals surface area contributed by atoms with Crippen LogP contribution in [0.2, 0.25) is 0 Å². The summed E-state index contributed by atoms with van der Waals surface area (Å²) in [6.45, 7) is 0.165. The number of fused-ring (bicyclic) bond motifs is 1. The van der Waals surface area contributed by atoms with E-state index in [1.54, 1.807) is 18.2 Å². The number of aromatic nitrogens is 2. The van der Waals surface area contributed by atoms with E-state index in [4.69, 9.17) is 5.11 Å². The number of sulfonamides is 1. The molecular formula is C22H24N4O5S. The van der Waals surface area contributed by atoms with Crippen molar-refractivity contribution in [2.45, 2.75) is 23.3 Å². The van der Waals surface area contributed by atoms with Crippen LogP contribution in [0.25, 0.3) is 10.8 Å². The molecule has 0 radical (unpaired) electrons. The largest absolute Gasteiger partial charge is 0.388 e. The molecule has 1 aliphatic heterocycles. The number of aliphatic hydroxyl groups is 2. The Hall–Kier alpha value is -2.92. The Morgan fingerprint density at radius 3 is 2.38 bits per heavy atom. The molecule has 1 saturated heterocycles. The van der Waals surface area contributed by atoms with Gasteiger partial charge in [-0.2, -0.15) is 0 Å². The summed E-state index contributed by atoms with van der Waals surface area (Å²) in [5.74, 6) is -0.0402. The minimum absolute atomic E-state index is 0.0964. The predicted octanol–water partition coefficient (Wildman–Crippen LogP) is 1.11. The van der Waals surface area contributed by atoms with Crippen molar-refractivity contribution in [3.8, 4) is 0 Å². The van der Waals surface area contributed by atoms with Gasteiger partial charge in [-0.3, -0.25) is 4.79 Å². The molecule has 10 heteroatoms. The summed E-state index contributed by atoms with van der Waals surface area (Å²) < 4.78 is 28.1. The van der Waals surface area contributed by atoms with Gasteiger partial charge in [-0.15, -0.1) is 0 Å². The lowest BCUT2D eigenvalue weighted by Crippen LogP contribution is -2.51. The molecule has 1 aliphatic rings. The van der Waals surface area contributed by atoms with Crippen LogP contribution in [0.5, 0.6) is 0 Å². The van der Waals surface area contributed by atoms with Crippen molar-refractivity contribution in [3.63, 3.8) is 0 Å². The molecule has 0 saturated carbocycles. The molecule has 0 aliphatic carbocycles. The number of aliphatic hydroxyl groups excluding tert-OH is 1. The average molecular weight is 457 g/mol. The molecule has 0 atom stereocenters. The Balaban J connectivity index is 1.37. The monoisotopic (exact) mass is 456 g/mol. The molecule has 0 unspecified atom stereocenters. The minimum atomic E-state index is -3.77. The molecule has 4 rings (SSSR count). The summed E-state index contributed by atoms with van der Waals surface area (Å²) in [6, 6.07) is 12.4. The van der Waals surface area contributed by atoms with E-state index in [-0.39, 0.29) is 17.0 Å². The van der Waals surface area contributed by atoms with Crippen molar-refractivity contribution in [2.75, 3.05) is 31.1 Å². The van der Waals surface area contributed by atoms with Crippen LogP contribution < -0.4 is 9.62 Å². The number of hydrogen-bond donors (Lipinski definition) is 3. The Morgan fingerprint density at radius 1 is 1.06 bits per heavy atom. The highest BCUT2D eigenvalue weighted by molar-refractivity contribution is 7.89. The van der Waals surface area contributed by atoms with Gasteiger partial charge in [0.1, 0.15) is 6.61 Å². The number of Topliss-reactive ketones (excluding diaryl/α,β-unsaturated/α-hetero) is 1. The van der Waals surface area contributed by atoms with Crippen LogP contribution in [0, 0.1) is 0 Å². The van der Waals surface area contributed by atoms with Crippen LogP contribution in [-0.2, 0) is 10.0 Å². The highest BCUT2D eigenvalue weighted by atomic mass is 32.2. The Morgan fingerprint density at radius 2 is 1.72 bits per heavy atom. The lowest BCUT2D eigenvalue weighted by atomic mass is 9.92. The third-order valence-corrected chi connectivity index (χ3v) is 7.10. The standard InChI is InChI=1S/C22H24N4O5S/c27-14-20(28)18-12-23-21(24-13-18)26-9-7-22(29,8-10-26)15-25-32(30,31)19-6-5-16-3-1-2-4-17(16)11-19/h1-6,11-13,25,27,29H,7-10,14-15H2. The predicted molar refractivity (Wildman–Crippen MR) is 119 cm³/mol. The number of hydrogen-bond acceptors (Lipinski definition) is 8. The molecule has 3 aromatic rings. The van der Waals surface area contributed by atoms with E-state index in [1.165, 1.54) is 12.4 Å². The highest BCUT2D eigenvalue weighted by Crippen LogP contribution is 2.25. The van der Waals surface area contributed by atoms with Crippen LogP contribution >= 0.6 is 0 Å². The topological polar surface area (TPSA) is 133 Å². The molecule has 1 fully saturated rings. The fourth-order valence-corrected chi connectivity index (χ4v) is 4.82. The Kier molecular flexibility index (Phi) is 6.20. The number of benzene rings is 2. The quantitative estimate of drug-likeness (QED) is 0.451. The average Bonchev–Trinajstić information content (AvgIpc) is 2.83. The van der Waals surface area contributed by atoms with Crippen LogP contribution in [-0.4, -0.2) is 66.2 Å². The van der Waals surface area contributed by atoms with E-state index in [1.807, 2.05) is 29.2 Å². The number of carbonyl (C=O) groups is 1. The van der Waals surface area contributed by atoms with Crippen LogP contribution in [0.4, 0.5) is 5.95 Å². The number of nitrogens with one attached hydrogen (secondary N) is 1. The molecular weight excluding hydrogens is 432 g/mol.